The molecular formula is BaO4PdS+2. The Morgan fingerprint density at radius 2 is 1.14 bits per heavy atom. The van der Waals surface area contributed by atoms with E-state index in [-0.39, 0.29) is 69.3 Å². The zero-order valence-corrected chi connectivity index (χ0v) is 9.88. The minimum absolute atomic E-state index is 0. The first-order valence-electron chi connectivity index (χ1n) is 0.667. The molecule has 0 rings (SSSR count). The molecule has 0 bridgehead atoms. The second-order valence-corrected chi connectivity index (χ2v) is 1.22. The average molecular weight is 340 g/mol. The van der Waals surface area contributed by atoms with Crippen LogP contribution in [0.3, 0.4) is 0 Å². The summed E-state index contributed by atoms with van der Waals surface area (Å²) in [6.45, 7) is 0. The van der Waals surface area contributed by atoms with Gasteiger partial charge in [0, 0.05) is 10.4 Å². The van der Waals surface area contributed by atoms with Gasteiger partial charge in [-0.1, -0.05) is 0 Å². The van der Waals surface area contributed by atoms with E-state index in [4.69, 9.17) is 17.5 Å². The van der Waals surface area contributed by atoms with Crippen molar-refractivity contribution in [3.05, 3.63) is 0 Å². The van der Waals surface area contributed by atoms with E-state index in [2.05, 4.69) is 0 Å². The van der Waals surface area contributed by atoms with Crippen molar-refractivity contribution in [2.24, 2.45) is 0 Å². The monoisotopic (exact) mass is 340 g/mol. The maximum atomic E-state index is 8.52. The van der Waals surface area contributed by atoms with Crippen LogP contribution in [0.25, 0.3) is 0 Å². The minimum atomic E-state index is -5.17. The maximum Gasteiger partial charge on any atom is 2.00 e. The molecule has 0 N–H and O–H groups in total. The molecule has 0 saturated carbocycles. The standard InChI is InChI=1S/Ba.H2O4S.Pd/c;1-5(2,3)4;/h;(H2,1,2,3,4);/q+2;;+2/p-2. The van der Waals surface area contributed by atoms with Gasteiger partial charge in [0.05, 0.1) is 0 Å². The van der Waals surface area contributed by atoms with Gasteiger partial charge in [-0.25, -0.2) is 0 Å². The summed E-state index contributed by atoms with van der Waals surface area (Å²) in [4.78, 5) is 0. The van der Waals surface area contributed by atoms with Crippen LogP contribution in [0.5, 0.6) is 0 Å². The summed E-state index contributed by atoms with van der Waals surface area (Å²) in [5.74, 6) is 0. The third-order valence-electron chi connectivity index (χ3n) is 0. The van der Waals surface area contributed by atoms with Crippen molar-refractivity contribution in [3.63, 3.8) is 0 Å². The Labute approximate surface area is 95.4 Å². The summed E-state index contributed by atoms with van der Waals surface area (Å²) in [7, 11) is -5.17. The first-order valence-corrected chi connectivity index (χ1v) is 2.00. The summed E-state index contributed by atoms with van der Waals surface area (Å²) in [6, 6.07) is 0. The van der Waals surface area contributed by atoms with Gasteiger partial charge in [0.1, 0.15) is 0 Å². The predicted molar refractivity (Wildman–Crippen MR) is 16.2 cm³/mol. The molecule has 0 amide bonds. The molecule has 4 nitrogen and oxygen atoms in total. The summed E-state index contributed by atoms with van der Waals surface area (Å²) in [5.41, 5.74) is 0. The molecule has 0 aromatic heterocycles. The first-order chi connectivity index (χ1) is 2.00. The molecule has 0 aromatic carbocycles. The second kappa shape index (κ2) is 6.23. The van der Waals surface area contributed by atoms with E-state index >= 15 is 0 Å². The fraction of sp³-hybridized carbons (Fsp3) is 0. The van der Waals surface area contributed by atoms with Gasteiger partial charge in [0.15, 0.2) is 0 Å². The molecule has 0 unspecified atom stereocenters. The van der Waals surface area contributed by atoms with Gasteiger partial charge in [-0.15, -0.1) is 0 Å². The van der Waals surface area contributed by atoms with Crippen LogP contribution in [-0.4, -0.2) is 66.4 Å². The maximum absolute atomic E-state index is 8.52. The summed E-state index contributed by atoms with van der Waals surface area (Å²) in [5, 5.41) is 0. The van der Waals surface area contributed by atoms with E-state index in [1.165, 1.54) is 0 Å². The van der Waals surface area contributed by atoms with Gasteiger partial charge in [0.2, 0.25) is 0 Å². The number of rotatable bonds is 0. The van der Waals surface area contributed by atoms with E-state index in [0.717, 1.165) is 0 Å². The average Bonchev–Trinajstić information content (AvgIpc) is 0.722. The van der Waals surface area contributed by atoms with Gasteiger partial charge in [0.25, 0.3) is 0 Å². The zero-order valence-electron chi connectivity index (χ0n) is 3.06. The quantitative estimate of drug-likeness (QED) is 0.299. The van der Waals surface area contributed by atoms with Crippen molar-refractivity contribution >= 4 is 59.3 Å². The molecule has 7 heteroatoms. The molecule has 0 aliphatic carbocycles. The van der Waals surface area contributed by atoms with Crippen LogP contribution < -0.4 is 0 Å². The Kier molecular flexibility index (Phi) is 14.3. The largest absolute Gasteiger partial charge is 2.00 e. The van der Waals surface area contributed by atoms with Crippen molar-refractivity contribution in [2.75, 3.05) is 0 Å². The first kappa shape index (κ1) is 16.0. The second-order valence-electron chi connectivity index (χ2n) is 0.408. The molecule has 7 heavy (non-hydrogen) atoms. The van der Waals surface area contributed by atoms with Gasteiger partial charge >= 0.3 is 69.3 Å². The van der Waals surface area contributed by atoms with Crippen LogP contribution in [0, 0.1) is 0 Å². The van der Waals surface area contributed by atoms with Gasteiger partial charge < -0.3 is 9.11 Å². The molecule has 40 valence electrons. The Bertz CT molecular complexity index is 94.9. The van der Waals surface area contributed by atoms with E-state index in [1.807, 2.05) is 0 Å². The third kappa shape index (κ3) is 68.2. The van der Waals surface area contributed by atoms with Gasteiger partial charge in [-0.3, -0.25) is 8.42 Å². The Balaban J connectivity index is -0.0000000800. The van der Waals surface area contributed by atoms with Crippen LogP contribution in [0.2, 0.25) is 0 Å². The molecule has 0 radical (unpaired) electrons. The van der Waals surface area contributed by atoms with Crippen molar-refractivity contribution in [3.8, 4) is 0 Å². The molecular weight excluding hydrogens is 340 g/mol. The fourth-order valence-corrected chi connectivity index (χ4v) is 0. The van der Waals surface area contributed by atoms with Crippen LogP contribution in [0.1, 0.15) is 0 Å². The van der Waals surface area contributed by atoms with Gasteiger partial charge in [-0.05, 0) is 0 Å². The number of hydrogen-bond acceptors (Lipinski definition) is 4. The SMILES string of the molecule is O=S(=O)([O-])[O-].[Ba+2].[Pd+2]. The van der Waals surface area contributed by atoms with E-state index in [0.29, 0.717) is 0 Å². The summed E-state index contributed by atoms with van der Waals surface area (Å²) >= 11 is 0. The summed E-state index contributed by atoms with van der Waals surface area (Å²) < 4.78 is 34.1. The van der Waals surface area contributed by atoms with E-state index < -0.39 is 10.4 Å². The normalized spacial score (nSPS) is 8.29. The Morgan fingerprint density at radius 1 is 1.14 bits per heavy atom. The van der Waals surface area contributed by atoms with E-state index in [1.54, 1.807) is 0 Å². The minimum Gasteiger partial charge on any atom is -0.759 e. The molecule has 0 aliphatic heterocycles. The molecule has 0 fully saturated rings. The topological polar surface area (TPSA) is 80.3 Å². The van der Waals surface area contributed by atoms with Crippen LogP contribution in [0.4, 0.5) is 0 Å². The van der Waals surface area contributed by atoms with Crippen molar-refractivity contribution in [1.29, 1.82) is 0 Å². The number of hydrogen-bond donors (Lipinski definition) is 0. The molecule has 0 aliphatic rings. The van der Waals surface area contributed by atoms with Gasteiger partial charge in [-0.2, -0.15) is 0 Å². The van der Waals surface area contributed by atoms with Crippen LogP contribution >= 0.6 is 0 Å². The zero-order chi connectivity index (χ0) is 4.50. The predicted octanol–water partition coefficient (Wildman–Crippen LogP) is -1.72. The third-order valence-corrected chi connectivity index (χ3v) is 0. The Hall–Kier alpha value is 2.10. The van der Waals surface area contributed by atoms with Crippen LogP contribution in [-0.2, 0) is 30.8 Å². The summed E-state index contributed by atoms with van der Waals surface area (Å²) in [6.07, 6.45) is 0. The molecule has 0 atom stereocenters. The van der Waals surface area contributed by atoms with Crippen molar-refractivity contribution < 1.29 is 37.9 Å². The molecule has 0 aromatic rings. The molecule has 0 heterocycles. The molecule has 0 spiro atoms. The van der Waals surface area contributed by atoms with Crippen molar-refractivity contribution in [2.45, 2.75) is 0 Å². The fourth-order valence-electron chi connectivity index (χ4n) is 0. The van der Waals surface area contributed by atoms with Crippen molar-refractivity contribution in [1.82, 2.24) is 0 Å². The van der Waals surface area contributed by atoms with E-state index in [9.17, 15) is 0 Å². The Morgan fingerprint density at radius 3 is 1.14 bits per heavy atom. The molecule has 0 saturated heterocycles. The van der Waals surface area contributed by atoms with Crippen LogP contribution in [0.15, 0.2) is 0 Å². The smallest absolute Gasteiger partial charge is 0.759 e.